The Morgan fingerprint density at radius 3 is 1.55 bits per heavy atom. The second-order valence-electron chi connectivity index (χ2n) is 14.3. The van der Waals surface area contributed by atoms with Crippen molar-refractivity contribution in [2.45, 2.75) is 0 Å². The summed E-state index contributed by atoms with van der Waals surface area (Å²) in [5.74, 6) is 1.77. The van der Waals surface area contributed by atoms with Gasteiger partial charge in [-0.1, -0.05) is 127 Å². The highest BCUT2D eigenvalue weighted by molar-refractivity contribution is 6.26. The number of hydrogen-bond acceptors (Lipinski definition) is 5. The number of benzene rings is 9. The number of fused-ring (bicyclic) bond motifs is 12. The summed E-state index contributed by atoms with van der Waals surface area (Å²) in [6, 6.07) is 61.1. The van der Waals surface area contributed by atoms with Gasteiger partial charge in [0, 0.05) is 38.2 Å². The minimum absolute atomic E-state index is 0.581. The van der Waals surface area contributed by atoms with Crippen LogP contribution in [0.4, 0.5) is 0 Å². The van der Waals surface area contributed by atoms with Crippen molar-refractivity contribution in [3.63, 3.8) is 0 Å². The van der Waals surface area contributed by atoms with E-state index in [2.05, 4.69) is 103 Å². The summed E-state index contributed by atoms with van der Waals surface area (Å²) in [5.41, 5.74) is 8.17. The van der Waals surface area contributed by atoms with Crippen LogP contribution in [0.3, 0.4) is 0 Å². The molecule has 3 aromatic heterocycles. The SMILES string of the molecule is c1ccc(-c2nc(-c3ccc4oc5ccccc5c4c3)nc(-c3cccc4oc5cc(-c6ccc7c8ccccc8c8ccccc8c7c6)ccc5c34)n2)cc1. The van der Waals surface area contributed by atoms with Gasteiger partial charge in [0.1, 0.15) is 22.3 Å². The van der Waals surface area contributed by atoms with Crippen molar-refractivity contribution in [1.82, 2.24) is 15.0 Å². The second-order valence-corrected chi connectivity index (χ2v) is 14.3. The first-order valence-corrected chi connectivity index (χ1v) is 18.8. The lowest BCUT2D eigenvalue weighted by atomic mass is 9.92. The molecule has 0 aliphatic heterocycles. The van der Waals surface area contributed by atoms with E-state index in [1.54, 1.807) is 0 Å². The third-order valence-corrected chi connectivity index (χ3v) is 11.1. The Balaban J connectivity index is 1.02. The van der Waals surface area contributed by atoms with E-state index in [0.29, 0.717) is 17.5 Å². The average Bonchev–Trinajstić information content (AvgIpc) is 3.84. The fourth-order valence-corrected chi connectivity index (χ4v) is 8.49. The first-order valence-electron chi connectivity index (χ1n) is 18.8. The maximum Gasteiger partial charge on any atom is 0.164 e. The van der Waals surface area contributed by atoms with E-state index in [0.717, 1.165) is 71.7 Å². The number of para-hydroxylation sites is 1. The summed E-state index contributed by atoms with van der Waals surface area (Å²) in [4.78, 5) is 15.3. The van der Waals surface area contributed by atoms with Crippen LogP contribution in [-0.2, 0) is 0 Å². The molecule has 12 aromatic rings. The molecular weight excluding hydrogens is 687 g/mol. The average molecular weight is 716 g/mol. The highest BCUT2D eigenvalue weighted by atomic mass is 16.3. The fraction of sp³-hybridized carbons (Fsp3) is 0. The van der Waals surface area contributed by atoms with Crippen molar-refractivity contribution in [2.24, 2.45) is 0 Å². The molecule has 0 fully saturated rings. The molecule has 5 heteroatoms. The van der Waals surface area contributed by atoms with Crippen molar-refractivity contribution < 1.29 is 8.83 Å². The Morgan fingerprint density at radius 1 is 0.268 bits per heavy atom. The van der Waals surface area contributed by atoms with Crippen molar-refractivity contribution in [3.05, 3.63) is 176 Å². The van der Waals surface area contributed by atoms with E-state index in [9.17, 15) is 0 Å². The van der Waals surface area contributed by atoms with Gasteiger partial charge >= 0.3 is 0 Å². The van der Waals surface area contributed by atoms with Crippen LogP contribution in [0.5, 0.6) is 0 Å². The number of rotatable bonds is 4. The Hall–Kier alpha value is -7.63. The van der Waals surface area contributed by atoms with Crippen molar-refractivity contribution in [3.8, 4) is 45.3 Å². The number of nitrogens with zero attached hydrogens (tertiary/aromatic N) is 3. The van der Waals surface area contributed by atoms with E-state index in [1.807, 2.05) is 72.8 Å². The molecule has 0 N–H and O–H groups in total. The maximum absolute atomic E-state index is 6.62. The summed E-state index contributed by atoms with van der Waals surface area (Å²) in [7, 11) is 0. The highest BCUT2D eigenvalue weighted by Crippen LogP contribution is 2.41. The summed E-state index contributed by atoms with van der Waals surface area (Å²) in [6.07, 6.45) is 0. The van der Waals surface area contributed by atoms with E-state index < -0.39 is 0 Å². The topological polar surface area (TPSA) is 65.0 Å². The van der Waals surface area contributed by atoms with Gasteiger partial charge in [0.05, 0.1) is 0 Å². The molecule has 12 rings (SSSR count). The quantitative estimate of drug-likeness (QED) is 0.170. The van der Waals surface area contributed by atoms with Gasteiger partial charge in [0.2, 0.25) is 0 Å². The van der Waals surface area contributed by atoms with Crippen LogP contribution in [0.15, 0.2) is 185 Å². The predicted octanol–water partition coefficient (Wildman–Crippen LogP) is 13.8. The Kier molecular flexibility index (Phi) is 6.56. The molecule has 260 valence electrons. The van der Waals surface area contributed by atoms with E-state index in [4.69, 9.17) is 23.8 Å². The summed E-state index contributed by atoms with van der Waals surface area (Å²) < 4.78 is 12.8. The minimum Gasteiger partial charge on any atom is -0.456 e. The second kappa shape index (κ2) is 11.9. The Bertz CT molecular complexity index is 3510. The van der Waals surface area contributed by atoms with Gasteiger partial charge in [-0.25, -0.2) is 15.0 Å². The molecule has 0 saturated carbocycles. The maximum atomic E-state index is 6.62. The largest absolute Gasteiger partial charge is 0.456 e. The molecule has 0 unspecified atom stereocenters. The van der Waals surface area contributed by atoms with Gasteiger partial charge in [0.25, 0.3) is 0 Å². The summed E-state index contributed by atoms with van der Waals surface area (Å²) in [5, 5.41) is 11.6. The molecule has 0 aliphatic rings. The molecular formula is C51H29N3O2. The summed E-state index contributed by atoms with van der Waals surface area (Å²) in [6.45, 7) is 0. The normalized spacial score (nSPS) is 11.9. The zero-order valence-corrected chi connectivity index (χ0v) is 29.9. The van der Waals surface area contributed by atoms with Crippen LogP contribution in [0.25, 0.3) is 121 Å². The molecule has 3 heterocycles. The molecule has 0 amide bonds. The zero-order valence-electron chi connectivity index (χ0n) is 29.9. The van der Waals surface area contributed by atoms with Crippen LogP contribution in [0, 0.1) is 0 Å². The molecule has 56 heavy (non-hydrogen) atoms. The zero-order chi connectivity index (χ0) is 36.7. The van der Waals surface area contributed by atoms with Crippen LogP contribution >= 0.6 is 0 Å². The monoisotopic (exact) mass is 715 g/mol. The molecule has 0 bridgehead atoms. The standard InChI is InChI=1S/C51H29N3O2/c1-2-11-30(12-3-1)49-52-50(33-23-26-45-43(28-33)39-17-8-9-19-44(39)55-45)54-51(53-49)41-18-10-20-46-48(41)40-25-22-32(29-47(40)56-46)31-21-24-38-36-15-5-4-13-34(36)35-14-6-7-16-37(35)42(38)27-31/h1-29H. The van der Waals surface area contributed by atoms with Gasteiger partial charge in [-0.3, -0.25) is 0 Å². The van der Waals surface area contributed by atoms with E-state index >= 15 is 0 Å². The van der Waals surface area contributed by atoms with Crippen molar-refractivity contribution in [1.29, 1.82) is 0 Å². The lowest BCUT2D eigenvalue weighted by molar-refractivity contribution is 0.668. The molecule has 0 saturated heterocycles. The Labute approximate surface area is 320 Å². The summed E-state index contributed by atoms with van der Waals surface area (Å²) >= 11 is 0. The van der Waals surface area contributed by atoms with Crippen LogP contribution in [0.1, 0.15) is 0 Å². The van der Waals surface area contributed by atoms with Crippen LogP contribution in [0.2, 0.25) is 0 Å². The molecule has 0 atom stereocenters. The van der Waals surface area contributed by atoms with Gasteiger partial charge in [-0.2, -0.15) is 0 Å². The molecule has 5 nitrogen and oxygen atoms in total. The smallest absolute Gasteiger partial charge is 0.164 e. The predicted molar refractivity (Wildman–Crippen MR) is 229 cm³/mol. The highest BCUT2D eigenvalue weighted by Gasteiger charge is 2.19. The molecule has 9 aromatic carbocycles. The van der Waals surface area contributed by atoms with Crippen molar-refractivity contribution >= 4 is 76.2 Å². The number of furan rings is 2. The third kappa shape index (κ3) is 4.71. The van der Waals surface area contributed by atoms with E-state index in [-0.39, 0.29) is 0 Å². The van der Waals surface area contributed by atoms with Gasteiger partial charge in [-0.05, 0) is 92.0 Å². The van der Waals surface area contributed by atoms with E-state index in [1.165, 1.54) is 32.3 Å². The van der Waals surface area contributed by atoms with Crippen molar-refractivity contribution in [2.75, 3.05) is 0 Å². The minimum atomic E-state index is 0.581. The fourth-order valence-electron chi connectivity index (χ4n) is 8.49. The molecule has 0 aliphatic carbocycles. The van der Waals surface area contributed by atoms with Crippen LogP contribution in [-0.4, -0.2) is 15.0 Å². The molecule has 0 spiro atoms. The van der Waals surface area contributed by atoms with Gasteiger partial charge in [-0.15, -0.1) is 0 Å². The third-order valence-electron chi connectivity index (χ3n) is 11.1. The van der Waals surface area contributed by atoms with Gasteiger partial charge in [0.15, 0.2) is 17.5 Å². The number of hydrogen-bond donors (Lipinski definition) is 0. The lowest BCUT2D eigenvalue weighted by Gasteiger charge is -2.12. The number of aromatic nitrogens is 3. The lowest BCUT2D eigenvalue weighted by Crippen LogP contribution is -2.00. The molecule has 0 radical (unpaired) electrons. The van der Waals surface area contributed by atoms with Crippen LogP contribution < -0.4 is 0 Å². The Morgan fingerprint density at radius 2 is 0.786 bits per heavy atom. The van der Waals surface area contributed by atoms with Gasteiger partial charge < -0.3 is 8.83 Å². The first-order chi connectivity index (χ1) is 27.7. The first kappa shape index (κ1) is 30.8.